The van der Waals surface area contributed by atoms with Crippen LogP contribution in [0.5, 0.6) is 0 Å². The number of furan rings is 1. The molecule has 1 N–H and O–H groups in total. The first kappa shape index (κ1) is 13.8. The van der Waals surface area contributed by atoms with E-state index in [1.807, 2.05) is 18.6 Å². The first-order chi connectivity index (χ1) is 7.98. The Morgan fingerprint density at radius 1 is 1.41 bits per heavy atom. The third-order valence-electron chi connectivity index (χ3n) is 2.60. The van der Waals surface area contributed by atoms with Crippen molar-refractivity contribution >= 4 is 15.9 Å². The van der Waals surface area contributed by atoms with E-state index in [0.29, 0.717) is 0 Å². The molecule has 1 amide bonds. The van der Waals surface area contributed by atoms with Crippen LogP contribution in [-0.2, 0) is 10.0 Å². The van der Waals surface area contributed by atoms with Crippen LogP contribution in [0.15, 0.2) is 22.8 Å². The van der Waals surface area contributed by atoms with E-state index < -0.39 is 15.9 Å². The average Bonchev–Trinajstić information content (AvgIpc) is 2.78. The minimum atomic E-state index is -3.59. The highest BCUT2D eigenvalue weighted by atomic mass is 32.2. The maximum Gasteiger partial charge on any atom is 0.300 e. The van der Waals surface area contributed by atoms with E-state index in [1.54, 1.807) is 0 Å². The number of rotatable bonds is 6. The summed E-state index contributed by atoms with van der Waals surface area (Å²) in [5.74, 6) is -0.692. The van der Waals surface area contributed by atoms with E-state index in [4.69, 9.17) is 4.42 Å². The van der Waals surface area contributed by atoms with Crippen LogP contribution in [0.1, 0.15) is 37.2 Å². The molecule has 0 fully saturated rings. The minimum absolute atomic E-state index is 0.00174. The fourth-order valence-corrected chi connectivity index (χ4v) is 3.03. The molecule has 0 unspecified atom stereocenters. The predicted octanol–water partition coefficient (Wildman–Crippen LogP) is 1.78. The van der Waals surface area contributed by atoms with Crippen LogP contribution in [0.3, 0.4) is 0 Å². The lowest BCUT2D eigenvalue weighted by atomic mass is 10.1. The van der Waals surface area contributed by atoms with Crippen LogP contribution in [0, 0.1) is 5.92 Å². The summed E-state index contributed by atoms with van der Waals surface area (Å²) in [7, 11) is -3.59. The maximum atomic E-state index is 11.7. The zero-order valence-corrected chi connectivity index (χ0v) is 10.8. The summed E-state index contributed by atoms with van der Waals surface area (Å²) < 4.78 is 30.2. The van der Waals surface area contributed by atoms with Gasteiger partial charge in [0.1, 0.15) is 0 Å². The lowest BCUT2D eigenvalue weighted by molar-refractivity contribution is 0.0954. The highest BCUT2D eigenvalue weighted by Gasteiger charge is 2.21. The van der Waals surface area contributed by atoms with Crippen molar-refractivity contribution in [2.24, 2.45) is 5.92 Å². The third kappa shape index (κ3) is 4.22. The van der Waals surface area contributed by atoms with Crippen LogP contribution >= 0.6 is 0 Å². The molecule has 0 atom stereocenters. The van der Waals surface area contributed by atoms with E-state index in [0.717, 1.165) is 12.8 Å². The molecular weight excluding hydrogens is 242 g/mol. The molecule has 17 heavy (non-hydrogen) atoms. The Balaban J connectivity index is 2.64. The molecule has 1 aromatic heterocycles. The van der Waals surface area contributed by atoms with Crippen molar-refractivity contribution in [3.8, 4) is 0 Å². The predicted molar refractivity (Wildman–Crippen MR) is 64.0 cm³/mol. The molecule has 0 saturated carbocycles. The molecule has 1 aromatic rings. The van der Waals surface area contributed by atoms with Gasteiger partial charge in [-0.25, -0.2) is 13.1 Å². The van der Waals surface area contributed by atoms with Crippen molar-refractivity contribution < 1.29 is 17.6 Å². The number of hydrogen-bond acceptors (Lipinski definition) is 4. The van der Waals surface area contributed by atoms with Gasteiger partial charge in [-0.3, -0.25) is 4.79 Å². The summed E-state index contributed by atoms with van der Waals surface area (Å²) in [6, 6.07) is 2.95. The standard InChI is InChI=1S/C11H17NO4S/c1-3-9(4-2)8-17(14,15)12-11(13)10-6-5-7-16-10/h5-7,9H,3-4,8H2,1-2H3,(H,12,13). The Labute approximate surface area is 101 Å². The van der Waals surface area contributed by atoms with Gasteiger partial charge >= 0.3 is 0 Å². The monoisotopic (exact) mass is 259 g/mol. The maximum absolute atomic E-state index is 11.7. The smallest absolute Gasteiger partial charge is 0.300 e. The Morgan fingerprint density at radius 2 is 2.06 bits per heavy atom. The summed E-state index contributed by atoms with van der Waals surface area (Å²) in [6.45, 7) is 3.86. The fourth-order valence-electron chi connectivity index (χ4n) is 1.48. The van der Waals surface area contributed by atoms with Gasteiger partial charge in [0.2, 0.25) is 10.0 Å². The van der Waals surface area contributed by atoms with Crippen molar-refractivity contribution in [2.75, 3.05) is 5.75 Å². The van der Waals surface area contributed by atoms with Crippen LogP contribution in [0.4, 0.5) is 0 Å². The van der Waals surface area contributed by atoms with E-state index >= 15 is 0 Å². The first-order valence-electron chi connectivity index (χ1n) is 5.56. The lowest BCUT2D eigenvalue weighted by Gasteiger charge is -2.12. The number of carbonyl (C=O) groups is 1. The highest BCUT2D eigenvalue weighted by Crippen LogP contribution is 2.10. The van der Waals surface area contributed by atoms with Gasteiger partial charge in [0, 0.05) is 0 Å². The summed E-state index contributed by atoms with van der Waals surface area (Å²) >= 11 is 0. The van der Waals surface area contributed by atoms with E-state index in [-0.39, 0.29) is 17.4 Å². The average molecular weight is 259 g/mol. The van der Waals surface area contributed by atoms with Gasteiger partial charge < -0.3 is 4.42 Å². The van der Waals surface area contributed by atoms with Crippen molar-refractivity contribution in [3.05, 3.63) is 24.2 Å². The van der Waals surface area contributed by atoms with Gasteiger partial charge in [-0.15, -0.1) is 0 Å². The van der Waals surface area contributed by atoms with Gasteiger partial charge in [0.05, 0.1) is 12.0 Å². The molecule has 0 saturated heterocycles. The van der Waals surface area contributed by atoms with Crippen LogP contribution in [-0.4, -0.2) is 20.1 Å². The molecule has 1 heterocycles. The largest absolute Gasteiger partial charge is 0.459 e. The van der Waals surface area contributed by atoms with Gasteiger partial charge in [0.25, 0.3) is 5.91 Å². The zero-order valence-electron chi connectivity index (χ0n) is 9.97. The molecule has 0 aliphatic rings. The topological polar surface area (TPSA) is 76.4 Å². The van der Waals surface area contributed by atoms with Gasteiger partial charge in [-0.05, 0) is 18.1 Å². The van der Waals surface area contributed by atoms with Crippen LogP contribution in [0.2, 0.25) is 0 Å². The molecular formula is C11H17NO4S. The second-order valence-corrected chi connectivity index (χ2v) is 5.64. The van der Waals surface area contributed by atoms with Crippen molar-refractivity contribution in [1.82, 2.24) is 4.72 Å². The Hall–Kier alpha value is -1.30. The summed E-state index contributed by atoms with van der Waals surface area (Å²) in [5.41, 5.74) is 0. The highest BCUT2D eigenvalue weighted by molar-refractivity contribution is 7.90. The molecule has 0 bridgehead atoms. The van der Waals surface area contributed by atoms with Crippen molar-refractivity contribution in [2.45, 2.75) is 26.7 Å². The second kappa shape index (κ2) is 5.86. The summed E-state index contributed by atoms with van der Waals surface area (Å²) in [4.78, 5) is 11.5. The second-order valence-electron chi connectivity index (χ2n) is 3.87. The SMILES string of the molecule is CCC(CC)CS(=O)(=O)NC(=O)c1ccco1. The normalized spacial score (nSPS) is 11.7. The fraction of sp³-hybridized carbons (Fsp3) is 0.545. The number of sulfonamides is 1. The van der Waals surface area contributed by atoms with E-state index in [1.165, 1.54) is 18.4 Å². The summed E-state index contributed by atoms with van der Waals surface area (Å²) in [6.07, 6.45) is 2.86. The number of nitrogens with one attached hydrogen (secondary N) is 1. The van der Waals surface area contributed by atoms with E-state index in [2.05, 4.69) is 0 Å². The molecule has 6 heteroatoms. The zero-order chi connectivity index (χ0) is 12.9. The van der Waals surface area contributed by atoms with Crippen molar-refractivity contribution in [3.63, 3.8) is 0 Å². The number of carbonyl (C=O) groups excluding carboxylic acids is 1. The molecule has 0 radical (unpaired) electrons. The molecule has 96 valence electrons. The molecule has 0 aliphatic heterocycles. The summed E-state index contributed by atoms with van der Waals surface area (Å²) in [5, 5.41) is 0. The van der Waals surface area contributed by atoms with Gasteiger partial charge in [-0.1, -0.05) is 26.7 Å². The van der Waals surface area contributed by atoms with Crippen LogP contribution < -0.4 is 4.72 Å². The minimum Gasteiger partial charge on any atom is -0.459 e. The Morgan fingerprint density at radius 3 is 2.53 bits per heavy atom. The van der Waals surface area contributed by atoms with Gasteiger partial charge in [-0.2, -0.15) is 0 Å². The van der Waals surface area contributed by atoms with E-state index in [9.17, 15) is 13.2 Å². The quantitative estimate of drug-likeness (QED) is 0.844. The molecule has 0 aliphatic carbocycles. The van der Waals surface area contributed by atoms with Crippen molar-refractivity contribution in [1.29, 1.82) is 0 Å². The molecule has 0 aromatic carbocycles. The lowest BCUT2D eigenvalue weighted by Crippen LogP contribution is -2.34. The third-order valence-corrected chi connectivity index (χ3v) is 4.01. The molecule has 1 rings (SSSR count). The Kier molecular flexibility index (Phi) is 4.74. The number of hydrogen-bond donors (Lipinski definition) is 1. The first-order valence-corrected chi connectivity index (χ1v) is 7.22. The Bertz CT molecular complexity index is 446. The van der Waals surface area contributed by atoms with Gasteiger partial charge in [0.15, 0.2) is 5.76 Å². The molecule has 5 nitrogen and oxygen atoms in total. The van der Waals surface area contributed by atoms with Crippen LogP contribution in [0.25, 0.3) is 0 Å². The molecule has 0 spiro atoms. The number of amides is 1.